The normalized spacial score (nSPS) is 18.4. The van der Waals surface area contributed by atoms with Gasteiger partial charge < -0.3 is 0 Å². The molecule has 1 amide bonds. The van der Waals surface area contributed by atoms with Crippen LogP contribution in [-0.4, -0.2) is 21.8 Å². The van der Waals surface area contributed by atoms with E-state index in [4.69, 9.17) is 10.1 Å². The van der Waals surface area contributed by atoms with Gasteiger partial charge in [0.25, 0.3) is 5.91 Å². The monoisotopic (exact) mass is 462 g/mol. The number of hydrogen-bond donors (Lipinski definition) is 1. The molecule has 0 saturated heterocycles. The highest BCUT2D eigenvalue weighted by molar-refractivity contribution is 9.10. The first-order valence-corrected chi connectivity index (χ1v) is 11.6. The van der Waals surface area contributed by atoms with Crippen molar-refractivity contribution in [3.05, 3.63) is 55.6 Å². The van der Waals surface area contributed by atoms with Crippen LogP contribution in [0.1, 0.15) is 37.9 Å². The summed E-state index contributed by atoms with van der Waals surface area (Å²) in [7, 11) is 0. The maximum atomic E-state index is 13.0. The van der Waals surface area contributed by atoms with E-state index < -0.39 is 0 Å². The Morgan fingerprint density at radius 2 is 2.22 bits per heavy atom. The molecule has 1 atom stereocenters. The van der Waals surface area contributed by atoms with Crippen LogP contribution in [0.5, 0.6) is 0 Å². The van der Waals surface area contributed by atoms with Crippen molar-refractivity contribution in [1.29, 1.82) is 0 Å². The Bertz CT molecular complexity index is 1000. The van der Waals surface area contributed by atoms with E-state index in [0.717, 1.165) is 32.8 Å². The van der Waals surface area contributed by atoms with Crippen molar-refractivity contribution >= 4 is 55.8 Å². The van der Waals surface area contributed by atoms with Crippen LogP contribution < -0.4 is 15.9 Å². The van der Waals surface area contributed by atoms with Crippen molar-refractivity contribution in [2.45, 2.75) is 32.4 Å². The number of hydrazone groups is 1. The number of fused-ring (bicyclic) bond motifs is 2. The zero-order chi connectivity index (χ0) is 18.8. The molecule has 1 aromatic carbocycles. The third-order valence-corrected chi connectivity index (χ3v) is 6.54. The van der Waals surface area contributed by atoms with Crippen molar-refractivity contribution in [2.75, 3.05) is 5.75 Å². The number of benzene rings is 1. The predicted molar refractivity (Wildman–Crippen MR) is 115 cm³/mol. The maximum absolute atomic E-state index is 13.0. The first-order chi connectivity index (χ1) is 13.2. The summed E-state index contributed by atoms with van der Waals surface area (Å²) in [5.41, 5.74) is 1.59. The van der Waals surface area contributed by atoms with Crippen LogP contribution in [0.2, 0.25) is 0 Å². The molecule has 4 rings (SSSR count). The third-order valence-electron chi connectivity index (χ3n) is 4.40. The topological polar surface area (TPSA) is 57.1 Å². The van der Waals surface area contributed by atoms with E-state index in [9.17, 15) is 4.79 Å². The lowest BCUT2D eigenvalue weighted by molar-refractivity contribution is -0.116. The fourth-order valence-corrected chi connectivity index (χ4v) is 4.96. The van der Waals surface area contributed by atoms with Gasteiger partial charge in [0.05, 0.1) is 5.36 Å². The third kappa shape index (κ3) is 3.83. The lowest BCUT2D eigenvalue weighted by atomic mass is 10.1. The number of carbonyl (C=O) groups is 1. The number of amides is 1. The second-order valence-electron chi connectivity index (χ2n) is 6.33. The minimum atomic E-state index is -0.322. The van der Waals surface area contributed by atoms with Gasteiger partial charge in [-0.15, -0.1) is 5.10 Å². The van der Waals surface area contributed by atoms with Crippen molar-refractivity contribution < 1.29 is 4.79 Å². The highest BCUT2D eigenvalue weighted by atomic mass is 79.9. The molecule has 0 bridgehead atoms. The van der Waals surface area contributed by atoms with E-state index in [0.29, 0.717) is 10.9 Å². The first-order valence-electron chi connectivity index (χ1n) is 8.89. The molecule has 0 aliphatic carbocycles. The van der Waals surface area contributed by atoms with Crippen LogP contribution in [0.25, 0.3) is 5.70 Å². The summed E-state index contributed by atoms with van der Waals surface area (Å²) < 4.78 is 0.911. The van der Waals surface area contributed by atoms with E-state index >= 15 is 0 Å². The maximum Gasteiger partial charge on any atom is 0.276 e. The SMILES string of the molecule is CCCCCSC1=NN2C(=c3cc(Br)ccc3=NC2c2ccsc2)C(=O)N1. The molecule has 1 unspecified atom stereocenters. The van der Waals surface area contributed by atoms with E-state index in [1.807, 2.05) is 29.6 Å². The fraction of sp³-hybridized carbons (Fsp3) is 0.316. The van der Waals surface area contributed by atoms with Gasteiger partial charge in [-0.2, -0.15) is 11.3 Å². The molecule has 3 heterocycles. The number of unbranched alkanes of at least 4 members (excludes halogenated alkanes) is 2. The van der Waals surface area contributed by atoms with Crippen molar-refractivity contribution in [3.8, 4) is 0 Å². The highest BCUT2D eigenvalue weighted by Gasteiger charge is 2.34. The lowest BCUT2D eigenvalue weighted by Crippen LogP contribution is -2.50. The molecular formula is C19H19BrN4OS2. The van der Waals surface area contributed by atoms with Gasteiger partial charge >= 0.3 is 0 Å². The number of rotatable bonds is 5. The van der Waals surface area contributed by atoms with Gasteiger partial charge in [-0.1, -0.05) is 47.5 Å². The predicted octanol–water partition coefficient (Wildman–Crippen LogP) is 3.58. The molecule has 0 spiro atoms. The van der Waals surface area contributed by atoms with Gasteiger partial charge in [0, 0.05) is 21.0 Å². The number of nitrogens with zero attached hydrogens (tertiary/aromatic N) is 3. The molecule has 0 fully saturated rings. The summed E-state index contributed by atoms with van der Waals surface area (Å²) in [6.45, 7) is 2.18. The highest BCUT2D eigenvalue weighted by Crippen LogP contribution is 2.31. The zero-order valence-corrected chi connectivity index (χ0v) is 18.0. The Morgan fingerprint density at radius 1 is 1.33 bits per heavy atom. The van der Waals surface area contributed by atoms with Crippen LogP contribution in [-0.2, 0) is 4.79 Å². The largest absolute Gasteiger partial charge is 0.298 e. The molecule has 1 aromatic heterocycles. The second kappa shape index (κ2) is 8.16. The van der Waals surface area contributed by atoms with Crippen LogP contribution in [0.4, 0.5) is 0 Å². The Morgan fingerprint density at radius 3 is 3.00 bits per heavy atom. The van der Waals surface area contributed by atoms with E-state index in [1.165, 1.54) is 12.8 Å². The van der Waals surface area contributed by atoms with Crippen LogP contribution in [0.15, 0.2) is 49.6 Å². The molecule has 2 aromatic rings. The molecule has 0 saturated carbocycles. The van der Waals surface area contributed by atoms with Crippen LogP contribution >= 0.6 is 39.0 Å². The minimum absolute atomic E-state index is 0.127. The number of thioether (sulfide) groups is 1. The average molecular weight is 463 g/mol. The summed E-state index contributed by atoms with van der Waals surface area (Å²) in [4.78, 5) is 17.9. The Labute approximate surface area is 174 Å². The van der Waals surface area contributed by atoms with Gasteiger partial charge in [-0.25, -0.2) is 5.01 Å². The van der Waals surface area contributed by atoms with Gasteiger partial charge in [0.15, 0.2) is 11.3 Å². The molecule has 2 aliphatic rings. The number of amidine groups is 1. The average Bonchev–Trinajstić information content (AvgIpc) is 3.19. The summed E-state index contributed by atoms with van der Waals surface area (Å²) >= 11 is 6.71. The molecule has 8 heteroatoms. The van der Waals surface area contributed by atoms with Gasteiger partial charge in [0.1, 0.15) is 5.70 Å². The second-order valence-corrected chi connectivity index (χ2v) is 9.11. The van der Waals surface area contributed by atoms with Crippen molar-refractivity contribution in [2.24, 2.45) is 10.1 Å². The van der Waals surface area contributed by atoms with Gasteiger partial charge in [-0.3, -0.25) is 15.1 Å². The van der Waals surface area contributed by atoms with E-state index in [-0.39, 0.29) is 12.1 Å². The number of halogens is 1. The lowest BCUT2D eigenvalue weighted by Gasteiger charge is -2.33. The molecule has 0 radical (unpaired) electrons. The first kappa shape index (κ1) is 18.7. The van der Waals surface area contributed by atoms with Crippen molar-refractivity contribution in [1.82, 2.24) is 10.3 Å². The summed E-state index contributed by atoms with van der Waals surface area (Å²) in [6.07, 6.45) is 3.15. The minimum Gasteiger partial charge on any atom is -0.298 e. The van der Waals surface area contributed by atoms with E-state index in [1.54, 1.807) is 28.1 Å². The van der Waals surface area contributed by atoms with Crippen molar-refractivity contribution in [3.63, 3.8) is 0 Å². The van der Waals surface area contributed by atoms with Gasteiger partial charge in [-0.05, 0) is 41.4 Å². The molecule has 1 N–H and O–H groups in total. The van der Waals surface area contributed by atoms with Gasteiger partial charge in [0.2, 0.25) is 0 Å². The molecular weight excluding hydrogens is 444 g/mol. The molecule has 5 nitrogen and oxygen atoms in total. The van der Waals surface area contributed by atoms with E-state index in [2.05, 4.69) is 33.6 Å². The Kier molecular flexibility index (Phi) is 5.66. The number of hydrogen-bond acceptors (Lipinski definition) is 6. The smallest absolute Gasteiger partial charge is 0.276 e. The molecule has 2 aliphatic heterocycles. The quantitative estimate of drug-likeness (QED) is 0.690. The fourth-order valence-electron chi connectivity index (χ4n) is 3.08. The van der Waals surface area contributed by atoms with Crippen LogP contribution in [0, 0.1) is 0 Å². The summed E-state index contributed by atoms with van der Waals surface area (Å²) in [5.74, 6) is 0.816. The van der Waals surface area contributed by atoms with Crippen LogP contribution in [0.3, 0.4) is 0 Å². The summed E-state index contributed by atoms with van der Waals surface area (Å²) in [6, 6.07) is 7.85. The number of carbonyl (C=O) groups excluding carboxylic acids is 1. The molecule has 27 heavy (non-hydrogen) atoms. The zero-order valence-electron chi connectivity index (χ0n) is 14.8. The standard InChI is InChI=1S/C19H19BrN4OS2/c1-2-3-4-8-27-19-22-18(25)16-14-10-13(20)5-6-15(14)21-17(24(16)23-19)12-7-9-26-11-12/h5-7,9-11,17H,2-4,8H2,1H3,(H,22,23,25). The Balaban J connectivity index is 1.78. The number of thiophene rings is 1. The number of nitrogens with one attached hydrogen (secondary N) is 1. The Hall–Kier alpha value is -1.64. The molecule has 140 valence electrons. The summed E-state index contributed by atoms with van der Waals surface area (Å²) in [5, 5.41) is 15.8.